The predicted molar refractivity (Wildman–Crippen MR) is 102 cm³/mol. The Morgan fingerprint density at radius 3 is 2.54 bits per heavy atom. The standard InChI is InChI=1S/C19H17Cl2N3O2/c20-15-5-6-18(16(21)11-15)26-13-19(25)24-9-7-23(8-10-24)17-4-2-1-3-14(17)12-22/h1-6,11H,7-10,13H2. The molecule has 1 fully saturated rings. The van der Waals surface area contributed by atoms with E-state index in [4.69, 9.17) is 27.9 Å². The summed E-state index contributed by atoms with van der Waals surface area (Å²) in [6.07, 6.45) is 0. The smallest absolute Gasteiger partial charge is 0.260 e. The van der Waals surface area contributed by atoms with Crippen molar-refractivity contribution in [2.75, 3.05) is 37.7 Å². The molecule has 0 bridgehead atoms. The van der Waals surface area contributed by atoms with Crippen LogP contribution in [0, 0.1) is 11.3 Å². The molecule has 1 amide bonds. The first-order chi connectivity index (χ1) is 12.6. The first-order valence-corrected chi connectivity index (χ1v) is 8.94. The van der Waals surface area contributed by atoms with Crippen molar-refractivity contribution < 1.29 is 9.53 Å². The second kappa shape index (κ2) is 8.31. The fourth-order valence-corrected chi connectivity index (χ4v) is 3.33. The molecule has 0 aliphatic carbocycles. The molecule has 1 aliphatic rings. The fraction of sp³-hybridized carbons (Fsp3) is 0.263. The van der Waals surface area contributed by atoms with Gasteiger partial charge in [-0.1, -0.05) is 35.3 Å². The lowest BCUT2D eigenvalue weighted by Gasteiger charge is -2.36. The van der Waals surface area contributed by atoms with Crippen LogP contribution in [0.5, 0.6) is 5.75 Å². The van der Waals surface area contributed by atoms with Gasteiger partial charge in [0.05, 0.1) is 16.3 Å². The Morgan fingerprint density at radius 2 is 1.85 bits per heavy atom. The summed E-state index contributed by atoms with van der Waals surface area (Å²) in [5, 5.41) is 10.1. The Morgan fingerprint density at radius 1 is 1.12 bits per heavy atom. The number of amides is 1. The number of rotatable bonds is 4. The van der Waals surface area contributed by atoms with Gasteiger partial charge < -0.3 is 14.5 Å². The van der Waals surface area contributed by atoms with E-state index in [0.29, 0.717) is 47.5 Å². The van der Waals surface area contributed by atoms with Crippen LogP contribution in [0.4, 0.5) is 5.69 Å². The van der Waals surface area contributed by atoms with Crippen LogP contribution in [0.2, 0.25) is 10.0 Å². The molecule has 1 heterocycles. The summed E-state index contributed by atoms with van der Waals surface area (Å²) < 4.78 is 5.52. The van der Waals surface area contributed by atoms with Gasteiger partial charge >= 0.3 is 0 Å². The Hall–Kier alpha value is -2.42. The van der Waals surface area contributed by atoms with Gasteiger partial charge in [-0.25, -0.2) is 0 Å². The van der Waals surface area contributed by atoms with E-state index in [2.05, 4.69) is 11.0 Å². The summed E-state index contributed by atoms with van der Waals surface area (Å²) in [4.78, 5) is 16.3. The second-order valence-electron chi connectivity index (χ2n) is 5.86. The summed E-state index contributed by atoms with van der Waals surface area (Å²) >= 11 is 11.9. The zero-order chi connectivity index (χ0) is 18.5. The van der Waals surface area contributed by atoms with Crippen molar-refractivity contribution in [3.05, 3.63) is 58.1 Å². The number of hydrogen-bond acceptors (Lipinski definition) is 4. The minimum Gasteiger partial charge on any atom is -0.482 e. The monoisotopic (exact) mass is 389 g/mol. The number of nitrogens with zero attached hydrogens (tertiary/aromatic N) is 3. The molecular formula is C19H17Cl2N3O2. The maximum absolute atomic E-state index is 12.4. The summed E-state index contributed by atoms with van der Waals surface area (Å²) in [6, 6.07) is 14.6. The van der Waals surface area contributed by atoms with E-state index in [0.717, 1.165) is 5.69 Å². The van der Waals surface area contributed by atoms with E-state index in [9.17, 15) is 10.1 Å². The number of anilines is 1. The highest BCUT2D eigenvalue weighted by molar-refractivity contribution is 6.35. The minimum absolute atomic E-state index is 0.0733. The van der Waals surface area contributed by atoms with Crippen LogP contribution in [0.1, 0.15) is 5.56 Å². The van der Waals surface area contributed by atoms with Crippen molar-refractivity contribution in [2.45, 2.75) is 0 Å². The Balaban J connectivity index is 1.54. The van der Waals surface area contributed by atoms with Crippen molar-refractivity contribution in [3.8, 4) is 11.8 Å². The largest absolute Gasteiger partial charge is 0.482 e. The van der Waals surface area contributed by atoms with Gasteiger partial charge in [0, 0.05) is 31.2 Å². The first kappa shape index (κ1) is 18.4. The zero-order valence-electron chi connectivity index (χ0n) is 14.0. The average Bonchev–Trinajstić information content (AvgIpc) is 2.67. The van der Waals surface area contributed by atoms with E-state index in [-0.39, 0.29) is 12.5 Å². The number of para-hydroxylation sites is 1. The molecule has 2 aromatic rings. The molecule has 3 rings (SSSR count). The topological polar surface area (TPSA) is 56.6 Å². The number of nitriles is 1. The number of ether oxygens (including phenoxy) is 1. The van der Waals surface area contributed by atoms with E-state index >= 15 is 0 Å². The summed E-state index contributed by atoms with van der Waals surface area (Å²) in [5.41, 5.74) is 1.55. The molecule has 0 spiro atoms. The Bertz CT molecular complexity index is 843. The minimum atomic E-state index is -0.0933. The van der Waals surface area contributed by atoms with Crippen LogP contribution in [0.3, 0.4) is 0 Å². The third-order valence-electron chi connectivity index (χ3n) is 4.24. The highest BCUT2D eigenvalue weighted by Gasteiger charge is 2.23. The molecule has 0 unspecified atom stereocenters. The van der Waals surface area contributed by atoms with Gasteiger partial charge in [-0.05, 0) is 30.3 Å². The van der Waals surface area contributed by atoms with Crippen molar-refractivity contribution >= 4 is 34.8 Å². The van der Waals surface area contributed by atoms with Gasteiger partial charge in [-0.2, -0.15) is 5.26 Å². The molecule has 0 N–H and O–H groups in total. The number of carbonyl (C=O) groups excluding carboxylic acids is 1. The van der Waals surface area contributed by atoms with Crippen LogP contribution in [0.15, 0.2) is 42.5 Å². The Labute approximate surface area is 162 Å². The van der Waals surface area contributed by atoms with Crippen LogP contribution in [-0.4, -0.2) is 43.6 Å². The molecule has 7 heteroatoms. The first-order valence-electron chi connectivity index (χ1n) is 8.18. The molecule has 0 saturated carbocycles. The normalized spacial score (nSPS) is 14.0. The van der Waals surface area contributed by atoms with Gasteiger partial charge in [0.2, 0.25) is 0 Å². The van der Waals surface area contributed by atoms with Crippen molar-refractivity contribution in [3.63, 3.8) is 0 Å². The SMILES string of the molecule is N#Cc1ccccc1N1CCN(C(=O)COc2ccc(Cl)cc2Cl)CC1. The molecule has 134 valence electrons. The third kappa shape index (κ3) is 4.21. The fourth-order valence-electron chi connectivity index (χ4n) is 2.86. The zero-order valence-corrected chi connectivity index (χ0v) is 15.5. The van der Waals surface area contributed by atoms with E-state index in [1.54, 1.807) is 29.2 Å². The van der Waals surface area contributed by atoms with E-state index < -0.39 is 0 Å². The van der Waals surface area contributed by atoms with Gasteiger partial charge in [0.15, 0.2) is 6.61 Å². The summed E-state index contributed by atoms with van der Waals surface area (Å²) in [6.45, 7) is 2.43. The number of piperazine rings is 1. The highest BCUT2D eigenvalue weighted by atomic mass is 35.5. The van der Waals surface area contributed by atoms with Crippen molar-refractivity contribution in [1.82, 2.24) is 4.90 Å². The number of benzene rings is 2. The molecular weight excluding hydrogens is 373 g/mol. The number of carbonyl (C=O) groups is 1. The van der Waals surface area contributed by atoms with Gasteiger partial charge in [-0.3, -0.25) is 4.79 Å². The molecule has 0 atom stereocenters. The van der Waals surface area contributed by atoms with E-state index in [1.165, 1.54) is 0 Å². The maximum atomic E-state index is 12.4. The van der Waals surface area contributed by atoms with Crippen LogP contribution < -0.4 is 9.64 Å². The number of hydrogen-bond donors (Lipinski definition) is 0. The van der Waals surface area contributed by atoms with Crippen LogP contribution >= 0.6 is 23.2 Å². The average molecular weight is 390 g/mol. The lowest BCUT2D eigenvalue weighted by molar-refractivity contribution is -0.133. The van der Waals surface area contributed by atoms with Gasteiger partial charge in [0.1, 0.15) is 11.8 Å². The Kier molecular flexibility index (Phi) is 5.87. The number of halogens is 2. The third-order valence-corrected chi connectivity index (χ3v) is 4.77. The van der Waals surface area contributed by atoms with Crippen molar-refractivity contribution in [1.29, 1.82) is 5.26 Å². The summed E-state index contributed by atoms with van der Waals surface area (Å²) in [7, 11) is 0. The molecule has 1 saturated heterocycles. The maximum Gasteiger partial charge on any atom is 0.260 e. The lowest BCUT2D eigenvalue weighted by atomic mass is 10.1. The van der Waals surface area contributed by atoms with Crippen LogP contribution in [0.25, 0.3) is 0 Å². The van der Waals surface area contributed by atoms with Gasteiger partial charge in [-0.15, -0.1) is 0 Å². The molecule has 2 aromatic carbocycles. The molecule has 0 radical (unpaired) electrons. The second-order valence-corrected chi connectivity index (χ2v) is 6.70. The van der Waals surface area contributed by atoms with Crippen LogP contribution in [-0.2, 0) is 4.79 Å². The van der Waals surface area contributed by atoms with Crippen molar-refractivity contribution in [2.24, 2.45) is 0 Å². The summed E-state index contributed by atoms with van der Waals surface area (Å²) in [5.74, 6) is 0.343. The predicted octanol–water partition coefficient (Wildman–Crippen LogP) is 3.59. The lowest BCUT2D eigenvalue weighted by Crippen LogP contribution is -2.50. The highest BCUT2D eigenvalue weighted by Crippen LogP contribution is 2.27. The molecule has 0 aromatic heterocycles. The van der Waals surface area contributed by atoms with Gasteiger partial charge in [0.25, 0.3) is 5.91 Å². The van der Waals surface area contributed by atoms with E-state index in [1.807, 2.05) is 18.2 Å². The molecule has 26 heavy (non-hydrogen) atoms. The molecule has 1 aliphatic heterocycles. The quantitative estimate of drug-likeness (QED) is 0.801. The molecule has 5 nitrogen and oxygen atoms in total.